The molecule has 0 aromatic carbocycles. The summed E-state index contributed by atoms with van der Waals surface area (Å²) < 4.78 is 1.55. The summed E-state index contributed by atoms with van der Waals surface area (Å²) in [6.45, 7) is 2.27. The Bertz CT molecular complexity index is 64.9. The fraction of sp³-hybridized carbons (Fsp3) is 1.00. The molecule has 0 radical (unpaired) electrons. The Labute approximate surface area is 109 Å². The van der Waals surface area contributed by atoms with Gasteiger partial charge in [-0.05, 0) is 0 Å². The van der Waals surface area contributed by atoms with Crippen molar-refractivity contribution in [2.75, 3.05) is 0 Å². The first-order valence-corrected chi connectivity index (χ1v) is 6.90. The van der Waals surface area contributed by atoms with Crippen LogP contribution in [0.15, 0.2) is 0 Å². The van der Waals surface area contributed by atoms with Crippen LogP contribution in [0.1, 0.15) is 39.0 Å². The number of rotatable bonds is 5. The van der Waals surface area contributed by atoms with Crippen LogP contribution in [-0.2, 0) is 0 Å². The number of unbranched alkanes of at least 4 members (excludes halogenated alkanes) is 4. The molecule has 0 fully saturated rings. The molecule has 68 valence electrons. The minimum Gasteiger partial charge on any atom is -0.402 e. The summed E-state index contributed by atoms with van der Waals surface area (Å²) in [6, 6.07) is 0. The molecule has 5 heteroatoms. The summed E-state index contributed by atoms with van der Waals surface area (Å²) in [5.74, 6) is 0. The Morgan fingerprint density at radius 1 is 1.00 bits per heavy atom. The third-order valence-electron chi connectivity index (χ3n) is 1.46. The first-order valence-electron chi connectivity index (χ1n) is 4.69. The monoisotopic (exact) mass is 200 g/mol. The zero-order chi connectivity index (χ0) is 9.82. The molecule has 0 amide bonds. The molecule has 0 bridgehead atoms. The van der Waals surface area contributed by atoms with Crippen LogP contribution in [0.25, 0.3) is 0 Å². The van der Waals surface area contributed by atoms with E-state index in [1.165, 1.54) is 32.1 Å². The summed E-state index contributed by atoms with van der Waals surface area (Å²) in [5, 5.41) is 21.5. The van der Waals surface area contributed by atoms with Crippen molar-refractivity contribution in [3.63, 3.8) is 0 Å². The quantitative estimate of drug-likeness (QED) is 0.447. The molecule has 0 atom stereocenters. The van der Waals surface area contributed by atoms with Crippen molar-refractivity contribution in [1.29, 1.82) is 0 Å². The second-order valence-electron chi connectivity index (χ2n) is 2.76. The summed E-state index contributed by atoms with van der Waals surface area (Å²) >= 11 is 1.11. The van der Waals surface area contributed by atoms with Gasteiger partial charge in [0.15, 0.2) is 0 Å². The molecule has 0 aliphatic heterocycles. The van der Waals surface area contributed by atoms with E-state index in [2.05, 4.69) is 6.92 Å². The SMILES string of the molecule is CCCCCC[CH2][K].OB(O)O. The molecule has 0 saturated carbocycles. The van der Waals surface area contributed by atoms with Crippen molar-refractivity contribution in [3.8, 4) is 0 Å². The molecule has 0 aliphatic rings. The van der Waals surface area contributed by atoms with Gasteiger partial charge in [0.2, 0.25) is 0 Å². The molecule has 0 spiro atoms. The van der Waals surface area contributed by atoms with E-state index in [-0.39, 0.29) is 0 Å². The van der Waals surface area contributed by atoms with Gasteiger partial charge in [-0.15, -0.1) is 0 Å². The van der Waals surface area contributed by atoms with Crippen molar-refractivity contribution in [1.82, 2.24) is 0 Å². The predicted molar refractivity (Wildman–Crippen MR) is 51.7 cm³/mol. The molecule has 0 saturated heterocycles. The zero-order valence-corrected chi connectivity index (χ0v) is 11.3. The van der Waals surface area contributed by atoms with Crippen LogP contribution in [0.3, 0.4) is 0 Å². The van der Waals surface area contributed by atoms with Crippen molar-refractivity contribution in [2.24, 2.45) is 0 Å². The van der Waals surface area contributed by atoms with E-state index in [0.717, 1.165) is 49.0 Å². The van der Waals surface area contributed by atoms with Crippen LogP contribution in [-0.4, -0.2) is 71.3 Å². The third kappa shape index (κ3) is 29.9. The van der Waals surface area contributed by atoms with Crippen molar-refractivity contribution >= 4 is 56.3 Å². The molecule has 3 nitrogen and oxygen atoms in total. The van der Waals surface area contributed by atoms with Crippen LogP contribution in [0.2, 0.25) is 0.515 Å². The van der Waals surface area contributed by atoms with Crippen LogP contribution in [0, 0.1) is 0 Å². The van der Waals surface area contributed by atoms with Crippen LogP contribution >= 0.6 is 0 Å². The van der Waals surface area contributed by atoms with Gasteiger partial charge in [0.1, 0.15) is 0 Å². The molecule has 0 unspecified atom stereocenters. The van der Waals surface area contributed by atoms with Gasteiger partial charge in [-0.25, -0.2) is 0 Å². The van der Waals surface area contributed by atoms with Gasteiger partial charge in [-0.1, -0.05) is 0 Å². The van der Waals surface area contributed by atoms with Gasteiger partial charge in [-0.2, -0.15) is 0 Å². The molecule has 0 rings (SSSR count). The van der Waals surface area contributed by atoms with E-state index < -0.39 is 7.32 Å². The average Bonchev–Trinajstić information content (AvgIpc) is 1.97. The van der Waals surface area contributed by atoms with Crippen molar-refractivity contribution in [2.45, 2.75) is 39.5 Å². The minimum absolute atomic E-state index is 1.11. The van der Waals surface area contributed by atoms with E-state index in [1.807, 2.05) is 0 Å². The van der Waals surface area contributed by atoms with E-state index in [0.29, 0.717) is 0 Å². The minimum atomic E-state index is -2.17. The average molecular weight is 200 g/mol. The van der Waals surface area contributed by atoms with Gasteiger partial charge in [0.05, 0.1) is 0 Å². The summed E-state index contributed by atoms with van der Waals surface area (Å²) in [6.07, 6.45) is 7.32. The molecule has 0 aliphatic carbocycles. The second-order valence-corrected chi connectivity index (χ2v) is 4.32. The fourth-order valence-corrected chi connectivity index (χ4v) is 1.63. The van der Waals surface area contributed by atoms with E-state index in [1.54, 1.807) is 0.515 Å². The molecule has 0 heterocycles. The standard InChI is InChI=1S/C7H15.BH3O3.K/c1-3-5-7-6-4-2;2-1(3)4;/h1,3-7H2,2H3;2-4H;. The third-order valence-corrected chi connectivity index (χ3v) is 2.56. The summed E-state index contributed by atoms with van der Waals surface area (Å²) in [4.78, 5) is 0. The van der Waals surface area contributed by atoms with Gasteiger partial charge < -0.3 is 15.1 Å². The number of hydrogen-bond acceptors (Lipinski definition) is 3. The molecule has 12 heavy (non-hydrogen) atoms. The van der Waals surface area contributed by atoms with Crippen molar-refractivity contribution in [3.05, 3.63) is 0 Å². The Morgan fingerprint density at radius 2 is 1.42 bits per heavy atom. The number of hydrogen-bond donors (Lipinski definition) is 3. The van der Waals surface area contributed by atoms with E-state index in [4.69, 9.17) is 15.1 Å². The van der Waals surface area contributed by atoms with Crippen LogP contribution < -0.4 is 0 Å². The molecule has 3 N–H and O–H groups in total. The predicted octanol–water partition coefficient (Wildman–Crippen LogP) is 0.492. The maximum atomic E-state index is 7.17. The normalized spacial score (nSPS) is 8.83. The van der Waals surface area contributed by atoms with E-state index >= 15 is 0 Å². The largest absolute Gasteiger partial charge is 0.631 e. The Hall–Kier alpha value is 1.58. The Kier molecular flexibility index (Phi) is 20.1. The molecule has 0 aromatic heterocycles. The zero-order valence-electron chi connectivity index (χ0n) is 8.16. The maximum absolute atomic E-state index is 7.17. The Morgan fingerprint density at radius 3 is 1.75 bits per heavy atom. The molecular weight excluding hydrogens is 182 g/mol. The maximum Gasteiger partial charge on any atom is 0.631 e. The smallest absolute Gasteiger partial charge is 0.402 e. The topological polar surface area (TPSA) is 60.7 Å². The van der Waals surface area contributed by atoms with Crippen LogP contribution in [0.4, 0.5) is 0 Å². The first-order chi connectivity index (χ1) is 5.65. The second kappa shape index (κ2) is 15.1. The van der Waals surface area contributed by atoms with E-state index in [9.17, 15) is 0 Å². The molecule has 0 aromatic rings. The summed E-state index contributed by atoms with van der Waals surface area (Å²) in [7, 11) is -2.17. The fourth-order valence-electron chi connectivity index (χ4n) is 0.854. The summed E-state index contributed by atoms with van der Waals surface area (Å²) in [5.41, 5.74) is 0. The van der Waals surface area contributed by atoms with Gasteiger partial charge in [0, 0.05) is 0 Å². The van der Waals surface area contributed by atoms with Crippen molar-refractivity contribution < 1.29 is 15.1 Å². The van der Waals surface area contributed by atoms with Gasteiger partial charge in [-0.3, -0.25) is 0 Å². The van der Waals surface area contributed by atoms with Gasteiger partial charge in [0.25, 0.3) is 0 Å². The Balaban J connectivity index is 0. The van der Waals surface area contributed by atoms with Gasteiger partial charge >= 0.3 is 95.8 Å². The van der Waals surface area contributed by atoms with Crippen LogP contribution in [0.5, 0.6) is 0 Å². The first kappa shape index (κ1) is 16.0. The molecular formula is C7H18BKO3.